The number of thioether (sulfide) groups is 1. The number of carbonyl (C=O) groups excluding carboxylic acids is 3. The van der Waals surface area contributed by atoms with Crippen molar-refractivity contribution >= 4 is 29.7 Å². The van der Waals surface area contributed by atoms with E-state index in [1.807, 2.05) is 0 Å². The minimum absolute atomic E-state index is 0.0235. The van der Waals surface area contributed by atoms with Crippen LogP contribution < -0.4 is 5.56 Å². The maximum atomic E-state index is 13.5. The van der Waals surface area contributed by atoms with Crippen molar-refractivity contribution in [2.45, 2.75) is 49.5 Å². The highest BCUT2D eigenvalue weighted by atomic mass is 32.2. The minimum Gasteiger partial charge on any atom is -0.459 e. The number of ether oxygens (including phenoxy) is 4. The molecule has 1 aromatic heterocycles. The molecule has 1 fully saturated rings. The molecule has 5 rings (SSSR count). The van der Waals surface area contributed by atoms with E-state index in [0.29, 0.717) is 29.9 Å². The van der Waals surface area contributed by atoms with Crippen LogP contribution in [-0.2, 0) is 18.9 Å². The largest absolute Gasteiger partial charge is 0.459 e. The lowest BCUT2D eigenvalue weighted by Crippen LogP contribution is -2.41. The van der Waals surface area contributed by atoms with Crippen molar-refractivity contribution in [2.24, 2.45) is 0 Å². The fourth-order valence-electron chi connectivity index (χ4n) is 5.03. The van der Waals surface area contributed by atoms with Crippen LogP contribution in [0.25, 0.3) is 0 Å². The molecule has 11 nitrogen and oxygen atoms in total. The molecule has 2 heterocycles. The number of rotatable bonds is 13. The van der Waals surface area contributed by atoms with Gasteiger partial charge in [0.05, 0.1) is 16.7 Å². The van der Waals surface area contributed by atoms with Gasteiger partial charge in [0.15, 0.2) is 23.6 Å². The second-order valence-corrected chi connectivity index (χ2v) is 11.7. The molecule has 0 amide bonds. The fourth-order valence-corrected chi connectivity index (χ4v) is 6.11. The number of esters is 3. The van der Waals surface area contributed by atoms with Crippen LogP contribution in [0.15, 0.2) is 107 Å². The summed E-state index contributed by atoms with van der Waals surface area (Å²) in [5, 5.41) is 9.53. The van der Waals surface area contributed by atoms with Crippen molar-refractivity contribution in [2.75, 3.05) is 19.0 Å². The summed E-state index contributed by atoms with van der Waals surface area (Å²) in [6.45, 7) is 1.37. The van der Waals surface area contributed by atoms with Gasteiger partial charge in [-0.1, -0.05) is 66.4 Å². The van der Waals surface area contributed by atoms with E-state index in [1.54, 1.807) is 102 Å². The van der Waals surface area contributed by atoms with Crippen molar-refractivity contribution < 1.29 is 38.4 Å². The molecular formula is C35H34N2O9S. The lowest BCUT2D eigenvalue weighted by Gasteiger charge is -2.27. The quantitative estimate of drug-likeness (QED) is 0.0707. The molecule has 0 radical (unpaired) electrons. The number of hydrogen-bond acceptors (Lipinski definition) is 11. The highest BCUT2D eigenvalue weighted by molar-refractivity contribution is 7.99. The summed E-state index contributed by atoms with van der Waals surface area (Å²) in [5.41, 5.74) is 0.807. The number of unbranched alkanes of at least 4 members (excludes halogenated alkanes) is 1. The lowest BCUT2D eigenvalue weighted by molar-refractivity contribution is -0.0672. The molecule has 12 heteroatoms. The van der Waals surface area contributed by atoms with E-state index < -0.39 is 48.0 Å². The first-order valence-electron chi connectivity index (χ1n) is 15.1. The first-order chi connectivity index (χ1) is 22.9. The molecule has 1 aliphatic heterocycles. The number of aliphatic hydroxyl groups excluding tert-OH is 1. The van der Waals surface area contributed by atoms with Crippen LogP contribution in [0.4, 0.5) is 0 Å². The van der Waals surface area contributed by atoms with Gasteiger partial charge >= 0.3 is 17.9 Å². The van der Waals surface area contributed by atoms with Gasteiger partial charge in [-0.3, -0.25) is 9.36 Å². The summed E-state index contributed by atoms with van der Waals surface area (Å²) in [7, 11) is 0. The van der Waals surface area contributed by atoms with Gasteiger partial charge < -0.3 is 24.1 Å². The van der Waals surface area contributed by atoms with Crippen molar-refractivity contribution in [3.63, 3.8) is 0 Å². The van der Waals surface area contributed by atoms with Gasteiger partial charge in [0.1, 0.15) is 12.7 Å². The Balaban J connectivity index is 1.54. The maximum absolute atomic E-state index is 13.5. The molecule has 0 aliphatic carbocycles. The summed E-state index contributed by atoms with van der Waals surface area (Å²) >= 11 is 1.28. The average Bonchev–Trinajstić information content (AvgIpc) is 3.41. The van der Waals surface area contributed by atoms with Crippen molar-refractivity contribution in [1.29, 1.82) is 0 Å². The Bertz CT molecular complexity index is 1720. The molecule has 244 valence electrons. The van der Waals surface area contributed by atoms with Gasteiger partial charge in [-0.05, 0) is 56.2 Å². The molecule has 4 aromatic rings. The second kappa shape index (κ2) is 16.2. The predicted molar refractivity (Wildman–Crippen MR) is 172 cm³/mol. The van der Waals surface area contributed by atoms with Crippen LogP contribution in [0, 0.1) is 6.92 Å². The topological polar surface area (TPSA) is 143 Å². The molecule has 0 bridgehead atoms. The monoisotopic (exact) mass is 658 g/mol. The molecule has 0 spiro atoms. The molecule has 1 aliphatic rings. The lowest BCUT2D eigenvalue weighted by atomic mass is 10.1. The zero-order valence-electron chi connectivity index (χ0n) is 25.6. The van der Waals surface area contributed by atoms with E-state index in [9.17, 15) is 24.3 Å². The fraction of sp³-hybridized carbons (Fsp3) is 0.286. The molecule has 1 saturated heterocycles. The number of aryl methyl sites for hydroxylation is 1. The number of aromatic nitrogens is 2. The second-order valence-electron chi connectivity index (χ2n) is 10.7. The zero-order chi connectivity index (χ0) is 33.2. The van der Waals surface area contributed by atoms with Crippen LogP contribution in [0.3, 0.4) is 0 Å². The van der Waals surface area contributed by atoms with E-state index in [2.05, 4.69) is 4.98 Å². The molecular weight excluding hydrogens is 624 g/mol. The normalized spacial score (nSPS) is 18.8. The minimum atomic E-state index is -1.25. The SMILES string of the molecule is Cc1cc(=O)nc(SCCCCO)n1[C@@H]1O[C@H](COC(=O)c2ccccc2)[C@@H](OC(=O)c2ccccc2)[C@H]1OC(=O)c1ccccc1. The first kappa shape index (κ1) is 33.6. The van der Waals surface area contributed by atoms with Gasteiger partial charge in [0.25, 0.3) is 5.56 Å². The van der Waals surface area contributed by atoms with Gasteiger partial charge in [0, 0.05) is 24.1 Å². The third kappa shape index (κ3) is 8.53. The van der Waals surface area contributed by atoms with Gasteiger partial charge in [-0.15, -0.1) is 0 Å². The van der Waals surface area contributed by atoms with Crippen LogP contribution in [0.1, 0.15) is 55.8 Å². The van der Waals surface area contributed by atoms with Crippen LogP contribution in [0.5, 0.6) is 0 Å². The molecule has 0 saturated carbocycles. The van der Waals surface area contributed by atoms with Crippen molar-refractivity contribution in [1.82, 2.24) is 9.55 Å². The van der Waals surface area contributed by atoms with E-state index in [4.69, 9.17) is 18.9 Å². The zero-order valence-corrected chi connectivity index (χ0v) is 26.4. The van der Waals surface area contributed by atoms with E-state index in [1.165, 1.54) is 17.8 Å². The van der Waals surface area contributed by atoms with E-state index >= 15 is 0 Å². The molecule has 47 heavy (non-hydrogen) atoms. The maximum Gasteiger partial charge on any atom is 0.338 e. The highest BCUT2D eigenvalue weighted by Gasteiger charge is 2.52. The number of carbonyl (C=O) groups is 3. The molecule has 4 atom stereocenters. The van der Waals surface area contributed by atoms with Crippen LogP contribution >= 0.6 is 11.8 Å². The average molecular weight is 659 g/mol. The Morgan fingerprint density at radius 3 is 1.89 bits per heavy atom. The summed E-state index contributed by atoms with van der Waals surface area (Å²) < 4.78 is 25.8. The number of aliphatic hydroxyl groups is 1. The number of benzene rings is 3. The van der Waals surface area contributed by atoms with Crippen LogP contribution in [-0.4, -0.2) is 69.8 Å². The van der Waals surface area contributed by atoms with Gasteiger partial charge in [-0.2, -0.15) is 4.98 Å². The Morgan fingerprint density at radius 2 is 1.34 bits per heavy atom. The van der Waals surface area contributed by atoms with E-state index in [0.717, 1.165) is 0 Å². The first-order valence-corrected chi connectivity index (χ1v) is 16.1. The Morgan fingerprint density at radius 1 is 0.809 bits per heavy atom. The number of hydrogen-bond donors (Lipinski definition) is 1. The summed E-state index contributed by atoms with van der Waals surface area (Å²) in [5.74, 6) is -1.49. The Kier molecular flexibility index (Phi) is 11.6. The third-order valence-corrected chi connectivity index (χ3v) is 8.38. The summed E-state index contributed by atoms with van der Waals surface area (Å²) in [6.07, 6.45) is -3.50. The van der Waals surface area contributed by atoms with Crippen molar-refractivity contribution in [3.8, 4) is 0 Å². The molecule has 3 aromatic carbocycles. The standard InChI is InChI=1S/C35H34N2O9S/c1-23-21-28(39)36-35(47-20-12-11-19-38)37(23)31-30(46-34(42)26-17-9-4-10-18-26)29(45-33(41)25-15-7-3-8-16-25)27(44-31)22-43-32(40)24-13-5-2-6-14-24/h2-10,13-18,21,27,29-31,38H,11-12,19-20,22H2,1H3/t27-,29-,30-,31-/m1/s1. The smallest absolute Gasteiger partial charge is 0.338 e. The predicted octanol–water partition coefficient (Wildman–Crippen LogP) is 4.62. The van der Waals surface area contributed by atoms with Gasteiger partial charge in [-0.25, -0.2) is 14.4 Å². The van der Waals surface area contributed by atoms with E-state index in [-0.39, 0.29) is 29.5 Å². The Hall–Kier alpha value is -4.78. The third-order valence-electron chi connectivity index (χ3n) is 7.34. The van der Waals surface area contributed by atoms with Gasteiger partial charge in [0.2, 0.25) is 0 Å². The number of nitrogens with zero attached hydrogens (tertiary/aromatic N) is 2. The Labute approximate surface area is 275 Å². The summed E-state index contributed by atoms with van der Waals surface area (Å²) in [6, 6.07) is 26.3. The highest BCUT2D eigenvalue weighted by Crippen LogP contribution is 2.38. The molecule has 1 N–H and O–H groups in total. The summed E-state index contributed by atoms with van der Waals surface area (Å²) in [4.78, 5) is 56.6. The van der Waals surface area contributed by atoms with Crippen molar-refractivity contribution in [3.05, 3.63) is 130 Å². The van der Waals surface area contributed by atoms with Crippen LogP contribution in [0.2, 0.25) is 0 Å². The molecule has 0 unspecified atom stereocenters.